The molecule has 1 N–H and O–H groups in total. The summed E-state index contributed by atoms with van der Waals surface area (Å²) in [5.41, 5.74) is 0.946. The molecule has 1 aromatic carbocycles. The smallest absolute Gasteiger partial charge is 0.173 e. The fraction of sp³-hybridized carbons (Fsp3) is 0.647. The van der Waals surface area contributed by atoms with E-state index in [-0.39, 0.29) is 42.4 Å². The Bertz CT molecular complexity index is 474. The van der Waals surface area contributed by atoms with Crippen molar-refractivity contribution in [1.82, 2.24) is 10.2 Å². The van der Waals surface area contributed by atoms with Crippen molar-refractivity contribution in [1.29, 1.82) is 0 Å². The normalized spacial score (nSPS) is 16.2. The zero-order valence-electron chi connectivity index (χ0n) is 14.5. The second-order valence-electron chi connectivity index (χ2n) is 6.18. The first kappa shape index (κ1) is 23.7. The van der Waals surface area contributed by atoms with E-state index in [1.54, 1.807) is 6.07 Å². The van der Waals surface area contributed by atoms with Crippen LogP contribution in [0.15, 0.2) is 12.1 Å². The maximum absolute atomic E-state index is 14.3. The van der Waals surface area contributed by atoms with Crippen LogP contribution < -0.4 is 10.1 Å². The second-order valence-corrected chi connectivity index (χ2v) is 6.59. The number of rotatable bonds is 6. The lowest BCUT2D eigenvalue weighted by Crippen LogP contribution is -2.45. The van der Waals surface area contributed by atoms with Crippen molar-refractivity contribution in [2.45, 2.75) is 33.2 Å². The summed E-state index contributed by atoms with van der Waals surface area (Å²) in [6, 6.07) is 3.65. The number of nitrogens with one attached hydrogen (secondary N) is 1. The third-order valence-corrected chi connectivity index (χ3v) is 4.26. The predicted molar refractivity (Wildman–Crippen MR) is 104 cm³/mol. The van der Waals surface area contributed by atoms with Crippen LogP contribution in [0.2, 0.25) is 5.02 Å². The second kappa shape index (κ2) is 11.4. The Hall–Kier alpha value is -0.260. The van der Waals surface area contributed by atoms with Crippen LogP contribution in [-0.4, -0.2) is 37.7 Å². The van der Waals surface area contributed by atoms with Gasteiger partial charge in [0, 0.05) is 32.2 Å². The van der Waals surface area contributed by atoms with Crippen LogP contribution >= 0.6 is 36.4 Å². The van der Waals surface area contributed by atoms with Crippen LogP contribution in [0.3, 0.4) is 0 Å². The number of nitrogens with zero attached hydrogens (tertiary/aromatic N) is 1. The van der Waals surface area contributed by atoms with Crippen molar-refractivity contribution in [2.24, 2.45) is 5.92 Å². The van der Waals surface area contributed by atoms with Gasteiger partial charge in [-0.2, -0.15) is 0 Å². The van der Waals surface area contributed by atoms with Crippen molar-refractivity contribution in [3.05, 3.63) is 28.5 Å². The predicted octanol–water partition coefficient (Wildman–Crippen LogP) is 4.71. The molecule has 1 aliphatic heterocycles. The van der Waals surface area contributed by atoms with Crippen molar-refractivity contribution in [3.63, 3.8) is 0 Å². The van der Waals surface area contributed by atoms with Crippen molar-refractivity contribution in [2.75, 3.05) is 32.8 Å². The Morgan fingerprint density at radius 1 is 1.25 bits per heavy atom. The van der Waals surface area contributed by atoms with E-state index in [0.717, 1.165) is 38.2 Å². The van der Waals surface area contributed by atoms with E-state index in [9.17, 15) is 4.39 Å². The highest BCUT2D eigenvalue weighted by molar-refractivity contribution is 6.32. The van der Waals surface area contributed by atoms with Gasteiger partial charge in [-0.3, -0.25) is 4.90 Å². The molecule has 7 heteroatoms. The maximum atomic E-state index is 14.3. The molecule has 0 spiro atoms. The van der Waals surface area contributed by atoms with Crippen molar-refractivity contribution in [3.8, 4) is 5.75 Å². The molecule has 1 aliphatic rings. The fourth-order valence-corrected chi connectivity index (χ4v) is 3.26. The van der Waals surface area contributed by atoms with Gasteiger partial charge in [0.05, 0.1) is 11.6 Å². The molecule has 0 unspecified atom stereocenters. The molecule has 1 atom stereocenters. The number of hydrogen-bond acceptors (Lipinski definition) is 3. The number of benzene rings is 1. The van der Waals surface area contributed by atoms with E-state index in [1.807, 2.05) is 13.0 Å². The number of piperazine rings is 1. The van der Waals surface area contributed by atoms with E-state index in [1.165, 1.54) is 0 Å². The molecule has 3 nitrogen and oxygen atoms in total. The van der Waals surface area contributed by atoms with Gasteiger partial charge in [-0.25, -0.2) is 4.39 Å². The summed E-state index contributed by atoms with van der Waals surface area (Å²) in [4.78, 5) is 2.42. The molecule has 1 fully saturated rings. The van der Waals surface area contributed by atoms with E-state index < -0.39 is 0 Å². The van der Waals surface area contributed by atoms with Gasteiger partial charge in [0.2, 0.25) is 0 Å². The zero-order chi connectivity index (χ0) is 16.1. The van der Waals surface area contributed by atoms with Gasteiger partial charge >= 0.3 is 0 Å². The highest BCUT2D eigenvalue weighted by atomic mass is 35.5. The molecule has 140 valence electrons. The van der Waals surface area contributed by atoms with Crippen molar-refractivity contribution >= 4 is 36.4 Å². The Labute approximate surface area is 162 Å². The SMILES string of the molecule is CCOc1c(F)cc([C@H](CC(C)C)N2CCNCC2)cc1Cl.Cl.Cl. The largest absolute Gasteiger partial charge is 0.489 e. The van der Waals surface area contributed by atoms with Crippen molar-refractivity contribution < 1.29 is 9.13 Å². The fourth-order valence-electron chi connectivity index (χ4n) is 2.99. The van der Waals surface area contributed by atoms with Crippen LogP contribution in [-0.2, 0) is 0 Å². The zero-order valence-corrected chi connectivity index (χ0v) is 16.9. The lowest BCUT2D eigenvalue weighted by atomic mass is 9.94. The topological polar surface area (TPSA) is 24.5 Å². The molecule has 1 aromatic rings. The van der Waals surface area contributed by atoms with Crippen LogP contribution in [0.5, 0.6) is 5.75 Å². The first-order valence-corrected chi connectivity index (χ1v) is 8.47. The van der Waals surface area contributed by atoms with Crippen LogP contribution in [0.4, 0.5) is 4.39 Å². The average molecular weight is 402 g/mol. The molecule has 1 saturated heterocycles. The monoisotopic (exact) mass is 400 g/mol. The summed E-state index contributed by atoms with van der Waals surface area (Å²) in [6.45, 7) is 10.5. The Morgan fingerprint density at radius 3 is 2.38 bits per heavy atom. The molecule has 2 rings (SSSR count). The Balaban J connectivity index is 0.00000264. The molecule has 0 amide bonds. The molecule has 24 heavy (non-hydrogen) atoms. The summed E-state index contributed by atoms with van der Waals surface area (Å²) < 4.78 is 19.6. The molecule has 1 heterocycles. The van der Waals surface area contributed by atoms with Gasteiger partial charge < -0.3 is 10.1 Å². The number of hydrogen-bond donors (Lipinski definition) is 1. The summed E-state index contributed by atoms with van der Waals surface area (Å²) in [5.74, 6) is 0.332. The molecule has 0 aliphatic carbocycles. The number of halogens is 4. The van der Waals surface area contributed by atoms with Gasteiger partial charge in [0.25, 0.3) is 0 Å². The average Bonchev–Trinajstić information content (AvgIpc) is 2.49. The molecule has 0 saturated carbocycles. The quantitative estimate of drug-likeness (QED) is 0.747. The minimum absolute atomic E-state index is 0. The first-order valence-electron chi connectivity index (χ1n) is 8.09. The van der Waals surface area contributed by atoms with Gasteiger partial charge in [-0.15, -0.1) is 24.8 Å². The Kier molecular flexibility index (Phi) is 11.3. The van der Waals surface area contributed by atoms with E-state index in [4.69, 9.17) is 16.3 Å². The third-order valence-electron chi connectivity index (χ3n) is 3.98. The molecular weight excluding hydrogens is 374 g/mol. The number of ether oxygens (including phenoxy) is 1. The van der Waals surface area contributed by atoms with Crippen LogP contribution in [0.1, 0.15) is 38.8 Å². The summed E-state index contributed by atoms with van der Waals surface area (Å²) in [5, 5.41) is 3.72. The summed E-state index contributed by atoms with van der Waals surface area (Å²) >= 11 is 6.24. The minimum Gasteiger partial charge on any atom is -0.489 e. The molecule has 0 aromatic heterocycles. The highest BCUT2D eigenvalue weighted by Gasteiger charge is 2.25. The molecule has 0 bridgehead atoms. The summed E-state index contributed by atoms with van der Waals surface area (Å²) in [6.07, 6.45) is 0.990. The third kappa shape index (κ3) is 6.23. The van der Waals surface area contributed by atoms with Crippen LogP contribution in [0, 0.1) is 11.7 Å². The lowest BCUT2D eigenvalue weighted by molar-refractivity contribution is 0.153. The van der Waals surface area contributed by atoms with Gasteiger partial charge in [-0.1, -0.05) is 25.4 Å². The van der Waals surface area contributed by atoms with Gasteiger partial charge in [-0.05, 0) is 37.0 Å². The minimum atomic E-state index is -0.367. The standard InChI is InChI=1S/C17H26ClFN2O.2ClH/c1-4-22-17-14(18)10-13(11-15(17)19)16(9-12(2)3)21-7-5-20-6-8-21;;/h10-12,16,20H,4-9H2,1-3H3;2*1H/t16-;;/m0../s1. The lowest BCUT2D eigenvalue weighted by Gasteiger charge is -2.36. The first-order chi connectivity index (χ1) is 10.5. The van der Waals surface area contributed by atoms with E-state index in [2.05, 4.69) is 24.1 Å². The highest BCUT2D eigenvalue weighted by Crippen LogP contribution is 2.35. The molecule has 0 radical (unpaired) electrons. The maximum Gasteiger partial charge on any atom is 0.173 e. The summed E-state index contributed by atoms with van der Waals surface area (Å²) in [7, 11) is 0. The van der Waals surface area contributed by atoms with Gasteiger partial charge in [0.1, 0.15) is 0 Å². The van der Waals surface area contributed by atoms with E-state index in [0.29, 0.717) is 17.5 Å². The Morgan fingerprint density at radius 2 is 1.88 bits per heavy atom. The molecular formula is C17H28Cl3FN2O. The van der Waals surface area contributed by atoms with Crippen LogP contribution in [0.25, 0.3) is 0 Å². The van der Waals surface area contributed by atoms with E-state index >= 15 is 0 Å². The van der Waals surface area contributed by atoms with Gasteiger partial charge in [0.15, 0.2) is 11.6 Å².